The number of aryl methyl sites for hydroxylation is 1. The summed E-state index contributed by atoms with van der Waals surface area (Å²) in [4.78, 5) is 12.5. The Morgan fingerprint density at radius 1 is 0.781 bits per heavy atom. The van der Waals surface area contributed by atoms with Crippen molar-refractivity contribution in [2.24, 2.45) is 0 Å². The van der Waals surface area contributed by atoms with Gasteiger partial charge >= 0.3 is 5.63 Å². The maximum atomic E-state index is 13.2. The summed E-state index contributed by atoms with van der Waals surface area (Å²) in [6, 6.07) is 15.6. The average Bonchev–Trinajstić information content (AvgIpc) is 3.29. The largest absolute Gasteiger partial charge is 0.489 e. The maximum Gasteiger partial charge on any atom is 0.339 e. The van der Waals surface area contributed by atoms with Crippen LogP contribution in [0.15, 0.2) is 69.9 Å². The molecular weight excluding hydrogens is 414 g/mol. The fraction of sp³-hybridized carbons (Fsp3) is 0.192. The van der Waals surface area contributed by atoms with Crippen LogP contribution in [0.5, 0.6) is 11.5 Å². The first-order valence-corrected chi connectivity index (χ1v) is 10.4. The van der Waals surface area contributed by atoms with Crippen LogP contribution in [0.25, 0.3) is 11.0 Å². The highest BCUT2D eigenvalue weighted by Crippen LogP contribution is 2.37. The molecule has 32 heavy (non-hydrogen) atoms. The molecular formula is C26H20F2O4. The van der Waals surface area contributed by atoms with E-state index in [-0.39, 0.29) is 30.5 Å². The smallest absolute Gasteiger partial charge is 0.339 e. The molecule has 1 aliphatic rings. The second-order valence-electron chi connectivity index (χ2n) is 7.83. The Bertz CT molecular complexity index is 1330. The Morgan fingerprint density at radius 2 is 1.38 bits per heavy atom. The van der Waals surface area contributed by atoms with E-state index in [4.69, 9.17) is 13.9 Å². The van der Waals surface area contributed by atoms with Crippen molar-refractivity contribution in [2.75, 3.05) is 0 Å². The summed E-state index contributed by atoms with van der Waals surface area (Å²) >= 11 is 0. The lowest BCUT2D eigenvalue weighted by Gasteiger charge is -2.15. The second kappa shape index (κ2) is 8.46. The van der Waals surface area contributed by atoms with Gasteiger partial charge in [0.05, 0.1) is 5.39 Å². The highest BCUT2D eigenvalue weighted by Gasteiger charge is 2.23. The van der Waals surface area contributed by atoms with Crippen LogP contribution < -0.4 is 15.1 Å². The fourth-order valence-corrected chi connectivity index (χ4v) is 4.04. The Balaban J connectivity index is 1.50. The number of hydrogen-bond acceptors (Lipinski definition) is 4. The third-order valence-corrected chi connectivity index (χ3v) is 5.63. The molecule has 1 heterocycles. The molecule has 0 atom stereocenters. The highest BCUT2D eigenvalue weighted by molar-refractivity contribution is 5.89. The van der Waals surface area contributed by atoms with Gasteiger partial charge in [-0.2, -0.15) is 0 Å². The molecule has 0 spiro atoms. The molecule has 0 amide bonds. The van der Waals surface area contributed by atoms with Gasteiger partial charge < -0.3 is 13.9 Å². The number of ether oxygens (including phenoxy) is 2. The van der Waals surface area contributed by atoms with Crippen LogP contribution >= 0.6 is 0 Å². The van der Waals surface area contributed by atoms with Gasteiger partial charge in [0.25, 0.3) is 0 Å². The lowest BCUT2D eigenvalue weighted by atomic mass is 10.1. The summed E-state index contributed by atoms with van der Waals surface area (Å²) in [5, 5.41) is 0.772. The molecule has 0 fully saturated rings. The summed E-state index contributed by atoms with van der Waals surface area (Å²) in [5.74, 6) is 0.390. The van der Waals surface area contributed by atoms with Crippen LogP contribution in [0.2, 0.25) is 0 Å². The maximum absolute atomic E-state index is 13.2. The van der Waals surface area contributed by atoms with Crippen molar-refractivity contribution in [1.82, 2.24) is 0 Å². The Kier molecular flexibility index (Phi) is 5.35. The molecule has 162 valence electrons. The van der Waals surface area contributed by atoms with Gasteiger partial charge in [-0.15, -0.1) is 0 Å². The lowest BCUT2D eigenvalue weighted by molar-refractivity contribution is 0.291. The molecule has 0 saturated heterocycles. The van der Waals surface area contributed by atoms with Crippen LogP contribution in [-0.2, 0) is 26.1 Å². The molecule has 0 radical (unpaired) electrons. The van der Waals surface area contributed by atoms with E-state index in [0.29, 0.717) is 29.1 Å². The Labute approximate surface area is 183 Å². The zero-order chi connectivity index (χ0) is 22.1. The lowest BCUT2D eigenvalue weighted by Crippen LogP contribution is -2.08. The second-order valence-corrected chi connectivity index (χ2v) is 7.83. The average molecular weight is 434 g/mol. The van der Waals surface area contributed by atoms with E-state index in [2.05, 4.69) is 0 Å². The molecule has 6 heteroatoms. The van der Waals surface area contributed by atoms with Crippen molar-refractivity contribution in [2.45, 2.75) is 32.5 Å². The van der Waals surface area contributed by atoms with Crippen LogP contribution in [-0.4, -0.2) is 0 Å². The molecule has 0 bridgehead atoms. The Hall–Kier alpha value is -3.67. The van der Waals surface area contributed by atoms with E-state index in [1.165, 1.54) is 24.3 Å². The minimum absolute atomic E-state index is 0.221. The molecule has 3 aromatic carbocycles. The molecule has 0 N–H and O–H groups in total. The molecule has 1 aromatic heterocycles. The minimum atomic E-state index is -0.329. The van der Waals surface area contributed by atoms with Crippen LogP contribution in [0, 0.1) is 11.6 Å². The van der Waals surface area contributed by atoms with Crippen LogP contribution in [0.3, 0.4) is 0 Å². The number of fused-ring (bicyclic) bond motifs is 3. The number of rotatable bonds is 6. The highest BCUT2D eigenvalue weighted by atomic mass is 19.1. The van der Waals surface area contributed by atoms with Gasteiger partial charge in [-0.3, -0.25) is 0 Å². The predicted octanol–water partition coefficient (Wildman–Crippen LogP) is 5.72. The van der Waals surface area contributed by atoms with Gasteiger partial charge in [-0.25, -0.2) is 13.6 Å². The number of benzene rings is 3. The van der Waals surface area contributed by atoms with Gasteiger partial charge in [0.15, 0.2) is 0 Å². The van der Waals surface area contributed by atoms with Crippen LogP contribution in [0.4, 0.5) is 8.78 Å². The predicted molar refractivity (Wildman–Crippen MR) is 116 cm³/mol. The molecule has 5 rings (SSSR count). The van der Waals surface area contributed by atoms with Gasteiger partial charge in [-0.05, 0) is 60.2 Å². The van der Waals surface area contributed by atoms with E-state index >= 15 is 0 Å². The van der Waals surface area contributed by atoms with E-state index in [1.807, 2.05) is 0 Å². The van der Waals surface area contributed by atoms with Crippen molar-refractivity contribution in [3.05, 3.63) is 105 Å². The third kappa shape index (κ3) is 4.08. The molecule has 4 nitrogen and oxygen atoms in total. The monoisotopic (exact) mass is 434 g/mol. The first-order chi connectivity index (χ1) is 15.6. The van der Waals surface area contributed by atoms with E-state index in [9.17, 15) is 13.6 Å². The zero-order valence-electron chi connectivity index (χ0n) is 17.2. The normalized spacial score (nSPS) is 12.7. The quantitative estimate of drug-likeness (QED) is 0.364. The van der Waals surface area contributed by atoms with Crippen molar-refractivity contribution in [3.8, 4) is 11.5 Å². The summed E-state index contributed by atoms with van der Waals surface area (Å²) in [5.41, 5.74) is 3.34. The van der Waals surface area contributed by atoms with Gasteiger partial charge in [0.1, 0.15) is 41.9 Å². The van der Waals surface area contributed by atoms with Crippen molar-refractivity contribution in [1.29, 1.82) is 0 Å². The summed E-state index contributed by atoms with van der Waals surface area (Å²) in [6.07, 6.45) is 2.35. The molecule has 0 saturated carbocycles. The summed E-state index contributed by atoms with van der Waals surface area (Å²) in [6.45, 7) is 0.447. The van der Waals surface area contributed by atoms with Crippen LogP contribution in [0.1, 0.15) is 28.7 Å². The van der Waals surface area contributed by atoms with Crippen molar-refractivity contribution < 1.29 is 22.7 Å². The van der Waals surface area contributed by atoms with E-state index < -0.39 is 0 Å². The summed E-state index contributed by atoms with van der Waals surface area (Å²) in [7, 11) is 0. The van der Waals surface area contributed by atoms with Gasteiger partial charge in [-0.1, -0.05) is 24.3 Å². The van der Waals surface area contributed by atoms with Gasteiger partial charge in [0, 0.05) is 17.7 Å². The SMILES string of the molecule is O=c1oc2cc(OCc3ccc(F)cc3)cc(OCc3ccc(F)cc3)c2c2c1CCC2. The van der Waals surface area contributed by atoms with Crippen molar-refractivity contribution >= 4 is 11.0 Å². The number of halogens is 2. The molecule has 4 aromatic rings. The Morgan fingerprint density at radius 3 is 2.03 bits per heavy atom. The number of hydrogen-bond donors (Lipinski definition) is 0. The summed E-state index contributed by atoms with van der Waals surface area (Å²) < 4.78 is 44.0. The van der Waals surface area contributed by atoms with E-state index in [0.717, 1.165) is 34.9 Å². The first kappa shape index (κ1) is 20.2. The zero-order valence-corrected chi connectivity index (χ0v) is 17.2. The minimum Gasteiger partial charge on any atom is -0.489 e. The first-order valence-electron chi connectivity index (χ1n) is 10.4. The third-order valence-electron chi connectivity index (χ3n) is 5.63. The van der Waals surface area contributed by atoms with Gasteiger partial charge in [0.2, 0.25) is 0 Å². The van der Waals surface area contributed by atoms with Crippen molar-refractivity contribution in [3.63, 3.8) is 0 Å². The van der Waals surface area contributed by atoms with E-state index in [1.54, 1.807) is 36.4 Å². The molecule has 0 unspecified atom stereocenters. The fourth-order valence-electron chi connectivity index (χ4n) is 4.04. The topological polar surface area (TPSA) is 48.7 Å². The molecule has 1 aliphatic carbocycles. The standard InChI is InChI=1S/C26H20F2O4/c27-18-8-4-16(5-9-18)14-30-20-12-23(31-15-17-6-10-19(28)11-7-17)25-21-2-1-3-22(21)26(29)32-24(25)13-20/h4-13H,1-3,14-15H2. The molecule has 0 aliphatic heterocycles.